The zero-order chi connectivity index (χ0) is 17.7. The average Bonchev–Trinajstić information content (AvgIpc) is 3.11. The molecule has 1 amide bonds. The standard InChI is InChI=1S/C19H20N2O4/c22-17(21-19(18(23)24)8-1-2-9-19)15-6-3-7-16(11-15)25-13-14-5-4-10-20-12-14/h3-7,10-12H,1-2,8-9,13H2,(H,21,22)(H,23,24). The van der Waals surface area contributed by atoms with Crippen LogP contribution in [0.5, 0.6) is 5.75 Å². The van der Waals surface area contributed by atoms with E-state index in [1.165, 1.54) is 0 Å². The molecule has 25 heavy (non-hydrogen) atoms. The van der Waals surface area contributed by atoms with Gasteiger partial charge in [-0.05, 0) is 37.1 Å². The Balaban J connectivity index is 1.68. The summed E-state index contributed by atoms with van der Waals surface area (Å²) in [6.45, 7) is 0.345. The van der Waals surface area contributed by atoms with E-state index in [4.69, 9.17) is 4.74 Å². The number of carboxylic acid groups (broad SMARTS) is 1. The Labute approximate surface area is 145 Å². The van der Waals surface area contributed by atoms with Crippen molar-refractivity contribution in [3.05, 3.63) is 59.9 Å². The van der Waals surface area contributed by atoms with Gasteiger partial charge >= 0.3 is 5.97 Å². The predicted molar refractivity (Wildman–Crippen MR) is 91.3 cm³/mol. The second kappa shape index (κ2) is 7.34. The van der Waals surface area contributed by atoms with Crippen LogP contribution in [0.2, 0.25) is 0 Å². The molecule has 1 aliphatic carbocycles. The number of amides is 1. The Morgan fingerprint density at radius 1 is 1.20 bits per heavy atom. The molecule has 6 heteroatoms. The molecule has 1 aromatic heterocycles. The summed E-state index contributed by atoms with van der Waals surface area (Å²) in [4.78, 5) is 28.1. The van der Waals surface area contributed by atoms with Crippen molar-refractivity contribution in [2.45, 2.75) is 37.8 Å². The van der Waals surface area contributed by atoms with E-state index in [1.54, 1.807) is 36.7 Å². The largest absolute Gasteiger partial charge is 0.489 e. The fraction of sp³-hybridized carbons (Fsp3) is 0.316. The molecular weight excluding hydrogens is 320 g/mol. The van der Waals surface area contributed by atoms with Gasteiger partial charge in [-0.1, -0.05) is 25.0 Å². The topological polar surface area (TPSA) is 88.5 Å². The quantitative estimate of drug-likeness (QED) is 0.844. The number of carbonyl (C=O) groups is 2. The third kappa shape index (κ3) is 3.96. The molecular formula is C19H20N2O4. The molecule has 2 aromatic rings. The van der Waals surface area contributed by atoms with Gasteiger partial charge in [0.15, 0.2) is 0 Å². The van der Waals surface area contributed by atoms with Crippen LogP contribution in [0.15, 0.2) is 48.8 Å². The number of hydrogen-bond donors (Lipinski definition) is 2. The van der Waals surface area contributed by atoms with Gasteiger partial charge in [-0.2, -0.15) is 0 Å². The molecule has 3 rings (SSSR count). The van der Waals surface area contributed by atoms with E-state index in [9.17, 15) is 14.7 Å². The highest BCUT2D eigenvalue weighted by Crippen LogP contribution is 2.30. The van der Waals surface area contributed by atoms with Gasteiger partial charge in [-0.25, -0.2) is 4.79 Å². The second-order valence-electron chi connectivity index (χ2n) is 6.23. The van der Waals surface area contributed by atoms with Crippen molar-refractivity contribution in [1.82, 2.24) is 10.3 Å². The Bertz CT molecular complexity index is 755. The molecule has 1 aromatic carbocycles. The van der Waals surface area contributed by atoms with Crippen LogP contribution in [0.4, 0.5) is 0 Å². The van der Waals surface area contributed by atoms with Gasteiger partial charge in [0.2, 0.25) is 0 Å². The second-order valence-corrected chi connectivity index (χ2v) is 6.23. The van der Waals surface area contributed by atoms with Crippen LogP contribution in [0.25, 0.3) is 0 Å². The van der Waals surface area contributed by atoms with E-state index in [-0.39, 0.29) is 0 Å². The molecule has 0 unspecified atom stereocenters. The lowest BCUT2D eigenvalue weighted by atomic mass is 9.97. The molecule has 1 fully saturated rings. The van der Waals surface area contributed by atoms with Crippen LogP contribution in [0, 0.1) is 0 Å². The summed E-state index contributed by atoms with van der Waals surface area (Å²) in [6, 6.07) is 10.5. The zero-order valence-corrected chi connectivity index (χ0v) is 13.8. The van der Waals surface area contributed by atoms with Crippen LogP contribution in [0.3, 0.4) is 0 Å². The van der Waals surface area contributed by atoms with Crippen molar-refractivity contribution >= 4 is 11.9 Å². The van der Waals surface area contributed by atoms with Crippen molar-refractivity contribution in [2.24, 2.45) is 0 Å². The highest BCUT2D eigenvalue weighted by molar-refractivity contribution is 5.98. The summed E-state index contributed by atoms with van der Waals surface area (Å²) in [7, 11) is 0. The lowest BCUT2D eigenvalue weighted by molar-refractivity contribution is -0.144. The number of aromatic nitrogens is 1. The smallest absolute Gasteiger partial charge is 0.329 e. The van der Waals surface area contributed by atoms with Gasteiger partial charge in [-0.15, -0.1) is 0 Å². The summed E-state index contributed by atoms with van der Waals surface area (Å²) in [5.41, 5.74) is 0.160. The first kappa shape index (κ1) is 17.0. The number of benzene rings is 1. The van der Waals surface area contributed by atoms with Crippen molar-refractivity contribution in [3.63, 3.8) is 0 Å². The van der Waals surface area contributed by atoms with Crippen molar-refractivity contribution in [3.8, 4) is 5.75 Å². The number of hydrogen-bond acceptors (Lipinski definition) is 4. The van der Waals surface area contributed by atoms with Crippen LogP contribution in [0.1, 0.15) is 41.6 Å². The SMILES string of the molecule is O=C(NC1(C(=O)O)CCCC1)c1cccc(OCc2cccnc2)c1. The number of nitrogens with one attached hydrogen (secondary N) is 1. The minimum atomic E-state index is -1.15. The number of aliphatic carboxylic acids is 1. The van der Waals surface area contributed by atoms with E-state index in [2.05, 4.69) is 10.3 Å². The van der Waals surface area contributed by atoms with Gasteiger partial charge in [0, 0.05) is 23.5 Å². The lowest BCUT2D eigenvalue weighted by Gasteiger charge is -2.25. The maximum absolute atomic E-state index is 12.5. The third-order valence-electron chi connectivity index (χ3n) is 4.44. The maximum Gasteiger partial charge on any atom is 0.329 e. The Morgan fingerprint density at radius 2 is 2.00 bits per heavy atom. The highest BCUT2D eigenvalue weighted by Gasteiger charge is 2.42. The van der Waals surface area contributed by atoms with Crippen molar-refractivity contribution < 1.29 is 19.4 Å². The predicted octanol–water partition coefficient (Wildman–Crippen LogP) is 2.79. The highest BCUT2D eigenvalue weighted by atomic mass is 16.5. The lowest BCUT2D eigenvalue weighted by Crippen LogP contribution is -2.52. The third-order valence-corrected chi connectivity index (χ3v) is 4.44. The van der Waals surface area contributed by atoms with Gasteiger partial charge in [0.1, 0.15) is 17.9 Å². The van der Waals surface area contributed by atoms with Crippen LogP contribution >= 0.6 is 0 Å². The van der Waals surface area contributed by atoms with E-state index in [1.807, 2.05) is 12.1 Å². The van der Waals surface area contributed by atoms with Crippen molar-refractivity contribution in [1.29, 1.82) is 0 Å². The Morgan fingerprint density at radius 3 is 2.68 bits per heavy atom. The molecule has 1 aliphatic rings. The molecule has 6 nitrogen and oxygen atoms in total. The minimum absolute atomic E-state index is 0.345. The van der Waals surface area contributed by atoms with Crippen LogP contribution in [-0.4, -0.2) is 27.5 Å². The number of carbonyl (C=O) groups excluding carboxylic acids is 1. The molecule has 0 saturated heterocycles. The summed E-state index contributed by atoms with van der Waals surface area (Å²) in [5.74, 6) is -0.814. The fourth-order valence-corrected chi connectivity index (χ4v) is 3.04. The first-order valence-corrected chi connectivity index (χ1v) is 8.27. The number of ether oxygens (including phenoxy) is 1. The van der Waals surface area contributed by atoms with Gasteiger partial charge in [-0.3, -0.25) is 9.78 Å². The normalized spacial score (nSPS) is 15.5. The van der Waals surface area contributed by atoms with E-state index in [0.29, 0.717) is 30.8 Å². The summed E-state index contributed by atoms with van der Waals surface area (Å²) in [5, 5.41) is 12.2. The summed E-state index contributed by atoms with van der Waals surface area (Å²) >= 11 is 0. The number of rotatable bonds is 6. The molecule has 0 atom stereocenters. The van der Waals surface area contributed by atoms with Gasteiger partial charge in [0.05, 0.1) is 0 Å². The fourth-order valence-electron chi connectivity index (χ4n) is 3.04. The first-order chi connectivity index (χ1) is 12.1. The molecule has 130 valence electrons. The average molecular weight is 340 g/mol. The molecule has 0 bridgehead atoms. The van der Waals surface area contributed by atoms with Gasteiger partial charge < -0.3 is 15.2 Å². The number of carboxylic acids is 1. The van der Waals surface area contributed by atoms with Gasteiger partial charge in [0.25, 0.3) is 5.91 Å². The molecule has 0 aliphatic heterocycles. The van der Waals surface area contributed by atoms with Crippen LogP contribution < -0.4 is 10.1 Å². The molecule has 2 N–H and O–H groups in total. The minimum Gasteiger partial charge on any atom is -0.489 e. The molecule has 0 radical (unpaired) electrons. The monoisotopic (exact) mass is 340 g/mol. The summed E-state index contributed by atoms with van der Waals surface area (Å²) in [6.07, 6.45) is 5.95. The molecule has 1 saturated carbocycles. The first-order valence-electron chi connectivity index (χ1n) is 8.27. The Kier molecular flexibility index (Phi) is 4.97. The summed E-state index contributed by atoms with van der Waals surface area (Å²) < 4.78 is 5.69. The maximum atomic E-state index is 12.5. The number of pyridine rings is 1. The molecule has 0 spiro atoms. The molecule has 1 heterocycles. The van der Waals surface area contributed by atoms with Crippen LogP contribution in [-0.2, 0) is 11.4 Å². The van der Waals surface area contributed by atoms with E-state index < -0.39 is 17.4 Å². The zero-order valence-electron chi connectivity index (χ0n) is 13.8. The number of nitrogens with zero attached hydrogens (tertiary/aromatic N) is 1. The van der Waals surface area contributed by atoms with E-state index >= 15 is 0 Å². The van der Waals surface area contributed by atoms with Crippen molar-refractivity contribution in [2.75, 3.05) is 0 Å². The van der Waals surface area contributed by atoms with E-state index in [0.717, 1.165) is 18.4 Å². The Hall–Kier alpha value is -2.89.